The van der Waals surface area contributed by atoms with Gasteiger partial charge in [0.2, 0.25) is 0 Å². The average molecular weight is 322 g/mol. The van der Waals surface area contributed by atoms with Crippen LogP contribution >= 0.6 is 34.5 Å². The van der Waals surface area contributed by atoms with Gasteiger partial charge in [0, 0.05) is 10.7 Å². The second-order valence-corrected chi connectivity index (χ2v) is 6.03. The molecule has 20 heavy (non-hydrogen) atoms. The number of halogens is 1. The molecule has 0 unspecified atom stereocenters. The summed E-state index contributed by atoms with van der Waals surface area (Å²) in [7, 11) is 0. The Bertz CT molecular complexity index is 722. The topological polar surface area (TPSA) is 54.9 Å². The number of nitrogens with one attached hydrogen (secondary N) is 1. The minimum absolute atomic E-state index is 0.217. The van der Waals surface area contributed by atoms with E-state index in [-0.39, 0.29) is 5.91 Å². The van der Waals surface area contributed by atoms with Crippen LogP contribution in [0, 0.1) is 0 Å². The first-order valence-corrected chi connectivity index (χ1v) is 7.70. The number of amides is 1. The summed E-state index contributed by atoms with van der Waals surface area (Å²) in [4.78, 5) is 13.7. The van der Waals surface area contributed by atoms with Crippen LogP contribution in [-0.2, 0) is 0 Å². The molecule has 0 bridgehead atoms. The highest BCUT2D eigenvalue weighted by Crippen LogP contribution is 2.28. The van der Waals surface area contributed by atoms with Gasteiger partial charge < -0.3 is 5.32 Å². The van der Waals surface area contributed by atoms with E-state index in [2.05, 4.69) is 14.9 Å². The first kappa shape index (κ1) is 13.2. The largest absolute Gasteiger partial charge is 0.321 e. The van der Waals surface area contributed by atoms with Crippen LogP contribution in [-0.4, -0.2) is 15.5 Å². The van der Waals surface area contributed by atoms with Crippen molar-refractivity contribution in [3.05, 3.63) is 51.7 Å². The Labute approximate surface area is 128 Å². The fourth-order valence-corrected chi connectivity index (χ4v) is 3.12. The number of carbonyl (C=O) groups excluding carboxylic acids is 1. The summed E-state index contributed by atoms with van der Waals surface area (Å²) < 4.78 is 3.87. The van der Waals surface area contributed by atoms with Gasteiger partial charge in [-0.25, -0.2) is 0 Å². The lowest BCUT2D eigenvalue weighted by atomic mass is 10.2. The molecule has 1 N–H and O–H groups in total. The molecule has 1 aromatic carbocycles. The third-order valence-electron chi connectivity index (χ3n) is 2.55. The number of hydrogen-bond acceptors (Lipinski definition) is 5. The third-order valence-corrected chi connectivity index (χ3v) is 4.40. The summed E-state index contributed by atoms with van der Waals surface area (Å²) in [5.74, 6) is -0.217. The monoisotopic (exact) mass is 321 g/mol. The van der Waals surface area contributed by atoms with Gasteiger partial charge in [0.25, 0.3) is 5.91 Å². The Balaban J connectivity index is 1.85. The van der Waals surface area contributed by atoms with Crippen LogP contribution in [0.15, 0.2) is 41.8 Å². The van der Waals surface area contributed by atoms with Gasteiger partial charge in [0.05, 0.1) is 4.88 Å². The molecule has 2 heterocycles. The molecule has 2 aromatic heterocycles. The van der Waals surface area contributed by atoms with Gasteiger partial charge in [-0.05, 0) is 47.2 Å². The predicted molar refractivity (Wildman–Crippen MR) is 82.6 cm³/mol. The predicted octanol–water partition coefficient (Wildman–Crippen LogP) is 4.17. The summed E-state index contributed by atoms with van der Waals surface area (Å²) in [6, 6.07) is 10.8. The van der Waals surface area contributed by atoms with E-state index in [0.29, 0.717) is 21.3 Å². The molecule has 0 spiro atoms. The first-order chi connectivity index (χ1) is 9.74. The number of aromatic nitrogens is 2. The van der Waals surface area contributed by atoms with E-state index < -0.39 is 0 Å². The zero-order valence-electron chi connectivity index (χ0n) is 10.0. The van der Waals surface area contributed by atoms with E-state index in [1.807, 2.05) is 17.5 Å². The zero-order valence-corrected chi connectivity index (χ0v) is 12.4. The Kier molecular flexibility index (Phi) is 3.77. The number of anilines is 1. The number of nitrogens with zero attached hydrogens (tertiary/aromatic N) is 2. The lowest BCUT2D eigenvalue weighted by molar-refractivity contribution is 0.103. The van der Waals surface area contributed by atoms with E-state index in [9.17, 15) is 4.79 Å². The Morgan fingerprint density at radius 1 is 1.20 bits per heavy atom. The molecule has 0 aliphatic heterocycles. The van der Waals surface area contributed by atoms with Crippen molar-refractivity contribution in [3.63, 3.8) is 0 Å². The zero-order chi connectivity index (χ0) is 13.9. The van der Waals surface area contributed by atoms with Crippen molar-refractivity contribution in [3.8, 4) is 10.6 Å². The molecule has 100 valence electrons. The quantitative estimate of drug-likeness (QED) is 0.787. The molecule has 0 aliphatic carbocycles. The maximum Gasteiger partial charge on any atom is 0.269 e. The van der Waals surface area contributed by atoms with E-state index in [1.165, 1.54) is 11.3 Å². The molecular formula is C13H8ClN3OS2. The van der Waals surface area contributed by atoms with E-state index in [0.717, 1.165) is 16.4 Å². The van der Waals surface area contributed by atoms with Crippen LogP contribution in [0.25, 0.3) is 10.6 Å². The molecule has 0 saturated carbocycles. The van der Waals surface area contributed by atoms with Crippen molar-refractivity contribution in [2.75, 3.05) is 5.32 Å². The molecule has 4 nitrogen and oxygen atoms in total. The van der Waals surface area contributed by atoms with Gasteiger partial charge in [-0.2, -0.15) is 0 Å². The van der Waals surface area contributed by atoms with E-state index in [4.69, 9.17) is 11.6 Å². The molecule has 0 radical (unpaired) electrons. The normalized spacial score (nSPS) is 10.4. The van der Waals surface area contributed by atoms with Gasteiger partial charge in [0.1, 0.15) is 10.6 Å². The average Bonchev–Trinajstić information content (AvgIpc) is 3.11. The van der Waals surface area contributed by atoms with Gasteiger partial charge in [-0.1, -0.05) is 22.2 Å². The van der Waals surface area contributed by atoms with Crippen LogP contribution in [0.1, 0.15) is 9.67 Å². The van der Waals surface area contributed by atoms with Crippen molar-refractivity contribution in [1.29, 1.82) is 0 Å². The third kappa shape index (κ3) is 2.72. The van der Waals surface area contributed by atoms with Crippen molar-refractivity contribution in [2.24, 2.45) is 0 Å². The number of hydrogen-bond donors (Lipinski definition) is 1. The molecule has 3 aromatic rings. The highest BCUT2D eigenvalue weighted by atomic mass is 35.5. The second kappa shape index (κ2) is 5.70. The molecular weight excluding hydrogens is 314 g/mol. The molecule has 0 atom stereocenters. The van der Waals surface area contributed by atoms with Gasteiger partial charge in [-0.3, -0.25) is 4.79 Å². The molecule has 3 rings (SSSR count). The van der Waals surface area contributed by atoms with Crippen LogP contribution in [0.5, 0.6) is 0 Å². The number of benzene rings is 1. The maximum absolute atomic E-state index is 12.3. The first-order valence-electron chi connectivity index (χ1n) is 5.67. The fourth-order valence-electron chi connectivity index (χ4n) is 1.64. The lowest BCUT2D eigenvalue weighted by Gasteiger charge is -2.03. The molecule has 7 heteroatoms. The van der Waals surface area contributed by atoms with Crippen LogP contribution < -0.4 is 5.32 Å². The second-order valence-electron chi connectivity index (χ2n) is 3.89. The van der Waals surface area contributed by atoms with E-state index >= 15 is 0 Å². The number of thiophene rings is 1. The summed E-state index contributed by atoms with van der Waals surface area (Å²) in [6.45, 7) is 0. The van der Waals surface area contributed by atoms with Crippen molar-refractivity contribution in [1.82, 2.24) is 9.59 Å². The lowest BCUT2D eigenvalue weighted by Crippen LogP contribution is -2.11. The molecule has 0 saturated heterocycles. The Morgan fingerprint density at radius 2 is 2.00 bits per heavy atom. The minimum Gasteiger partial charge on any atom is -0.321 e. The van der Waals surface area contributed by atoms with Gasteiger partial charge in [0.15, 0.2) is 0 Å². The highest BCUT2D eigenvalue weighted by molar-refractivity contribution is 7.14. The van der Waals surface area contributed by atoms with Crippen LogP contribution in [0.2, 0.25) is 5.02 Å². The highest BCUT2D eigenvalue weighted by Gasteiger charge is 2.18. The summed E-state index contributed by atoms with van der Waals surface area (Å²) in [6.07, 6.45) is 0. The maximum atomic E-state index is 12.3. The standard InChI is InChI=1S/C13H8ClN3OS2/c14-8-3-5-9(6-4-8)15-13(18)12-11(16-17-20-12)10-2-1-7-19-10/h1-7H,(H,15,18). The van der Waals surface area contributed by atoms with Gasteiger partial charge >= 0.3 is 0 Å². The smallest absolute Gasteiger partial charge is 0.269 e. The van der Waals surface area contributed by atoms with E-state index in [1.54, 1.807) is 24.3 Å². The van der Waals surface area contributed by atoms with Crippen LogP contribution in [0.3, 0.4) is 0 Å². The number of rotatable bonds is 3. The van der Waals surface area contributed by atoms with Crippen molar-refractivity contribution in [2.45, 2.75) is 0 Å². The molecule has 1 amide bonds. The summed E-state index contributed by atoms with van der Waals surface area (Å²) >= 11 is 8.42. The number of carbonyl (C=O) groups is 1. The summed E-state index contributed by atoms with van der Waals surface area (Å²) in [5, 5.41) is 9.41. The van der Waals surface area contributed by atoms with Gasteiger partial charge in [-0.15, -0.1) is 16.4 Å². The van der Waals surface area contributed by atoms with Crippen molar-refractivity contribution >= 4 is 46.1 Å². The van der Waals surface area contributed by atoms with Crippen molar-refractivity contribution < 1.29 is 4.79 Å². The Morgan fingerprint density at radius 3 is 2.70 bits per heavy atom. The fraction of sp³-hybridized carbons (Fsp3) is 0. The minimum atomic E-state index is -0.217. The SMILES string of the molecule is O=C(Nc1ccc(Cl)cc1)c1snnc1-c1cccs1. The Hall–Kier alpha value is -1.76. The summed E-state index contributed by atoms with van der Waals surface area (Å²) in [5.41, 5.74) is 1.31. The molecule has 0 fully saturated rings. The van der Waals surface area contributed by atoms with Crippen LogP contribution in [0.4, 0.5) is 5.69 Å². The molecule has 0 aliphatic rings.